The maximum absolute atomic E-state index is 12.0. The highest BCUT2D eigenvalue weighted by Gasteiger charge is 2.18. The molecule has 1 aromatic rings. The highest BCUT2D eigenvalue weighted by molar-refractivity contribution is 9.09. The van der Waals surface area contributed by atoms with Gasteiger partial charge in [0, 0.05) is 11.9 Å². The van der Waals surface area contributed by atoms with E-state index in [4.69, 9.17) is 0 Å². The highest BCUT2D eigenvalue weighted by atomic mass is 79.9. The summed E-state index contributed by atoms with van der Waals surface area (Å²) in [6, 6.07) is 8.04. The number of rotatable bonds is 7. The third kappa shape index (κ3) is 6.24. The van der Waals surface area contributed by atoms with Crippen LogP contribution in [0.3, 0.4) is 0 Å². The molecule has 2 nitrogen and oxygen atoms in total. The minimum atomic E-state index is 0.112. The van der Waals surface area contributed by atoms with Crippen LogP contribution in [0.5, 0.6) is 0 Å². The van der Waals surface area contributed by atoms with Crippen molar-refractivity contribution < 1.29 is 4.79 Å². The number of carbonyl (C=O) groups excluding carboxylic acids is 1. The lowest BCUT2D eigenvalue weighted by Crippen LogP contribution is -2.35. The molecule has 1 amide bonds. The summed E-state index contributed by atoms with van der Waals surface area (Å²) in [6.45, 7) is 7.18. The summed E-state index contributed by atoms with van der Waals surface area (Å²) in [5, 5.41) is 4.07. The van der Waals surface area contributed by atoms with E-state index in [2.05, 4.69) is 35.1 Å². The lowest BCUT2D eigenvalue weighted by molar-refractivity contribution is -0.120. The molecular weight excluding hydrogens is 302 g/mol. The van der Waals surface area contributed by atoms with Gasteiger partial charge in [-0.05, 0) is 36.3 Å². The predicted molar refractivity (Wildman–Crippen MR) is 84.7 cm³/mol. The molecule has 0 bridgehead atoms. The Hall–Kier alpha value is -0.830. The minimum Gasteiger partial charge on any atom is -0.355 e. The Morgan fingerprint density at radius 1 is 1.32 bits per heavy atom. The van der Waals surface area contributed by atoms with E-state index in [1.54, 1.807) is 0 Å². The third-order valence-corrected chi connectivity index (χ3v) is 3.92. The fraction of sp³-hybridized carbons (Fsp3) is 0.562. The van der Waals surface area contributed by atoms with Gasteiger partial charge in [-0.2, -0.15) is 0 Å². The monoisotopic (exact) mass is 325 g/mol. The number of hydrogen-bond acceptors (Lipinski definition) is 1. The first-order chi connectivity index (χ1) is 8.94. The van der Waals surface area contributed by atoms with Crippen molar-refractivity contribution >= 4 is 21.8 Å². The smallest absolute Gasteiger partial charge is 0.224 e. The average Bonchev–Trinajstić information content (AvgIpc) is 2.37. The number of nitrogens with one attached hydrogen (secondary N) is 1. The molecule has 0 radical (unpaired) electrons. The number of alkyl halides is 1. The second kappa shape index (κ2) is 7.68. The van der Waals surface area contributed by atoms with Gasteiger partial charge in [0.2, 0.25) is 5.91 Å². The summed E-state index contributed by atoms with van der Waals surface area (Å²) in [4.78, 5) is 12.0. The number of benzene rings is 1. The Kier molecular flexibility index (Phi) is 6.56. The summed E-state index contributed by atoms with van der Waals surface area (Å²) in [6.07, 6.45) is 2.73. The first kappa shape index (κ1) is 16.2. The minimum absolute atomic E-state index is 0.112. The number of aryl methyl sites for hydroxylation is 1. The summed E-state index contributed by atoms with van der Waals surface area (Å²) in [7, 11) is 0. The SMILES string of the molecule is Cc1ccccc1CC(=O)NCC(C)(C)CCCBr. The van der Waals surface area contributed by atoms with Gasteiger partial charge < -0.3 is 5.32 Å². The van der Waals surface area contributed by atoms with Gasteiger partial charge in [-0.15, -0.1) is 0 Å². The quantitative estimate of drug-likeness (QED) is 0.758. The number of amides is 1. The van der Waals surface area contributed by atoms with E-state index in [0.717, 1.165) is 30.3 Å². The molecule has 1 N–H and O–H groups in total. The van der Waals surface area contributed by atoms with Gasteiger partial charge in [-0.1, -0.05) is 54.0 Å². The van der Waals surface area contributed by atoms with Crippen molar-refractivity contribution in [1.29, 1.82) is 0 Å². The Morgan fingerprint density at radius 2 is 2.00 bits per heavy atom. The first-order valence-corrected chi connectivity index (χ1v) is 7.94. The second-order valence-electron chi connectivity index (χ2n) is 5.84. The van der Waals surface area contributed by atoms with Crippen LogP contribution < -0.4 is 5.32 Å². The molecule has 0 heterocycles. The van der Waals surface area contributed by atoms with E-state index >= 15 is 0 Å². The number of hydrogen-bond donors (Lipinski definition) is 1. The molecule has 0 saturated carbocycles. The first-order valence-electron chi connectivity index (χ1n) is 6.82. The molecular formula is C16H24BrNO. The Balaban J connectivity index is 2.42. The van der Waals surface area contributed by atoms with E-state index in [1.807, 2.05) is 31.2 Å². The van der Waals surface area contributed by atoms with Crippen LogP contribution in [0.25, 0.3) is 0 Å². The normalized spacial score (nSPS) is 11.4. The summed E-state index contributed by atoms with van der Waals surface area (Å²) >= 11 is 3.45. The van der Waals surface area contributed by atoms with Gasteiger partial charge in [0.25, 0.3) is 0 Å². The van der Waals surface area contributed by atoms with Crippen LogP contribution >= 0.6 is 15.9 Å². The van der Waals surface area contributed by atoms with Crippen molar-refractivity contribution in [3.8, 4) is 0 Å². The molecule has 1 aromatic carbocycles. The molecule has 106 valence electrons. The average molecular weight is 326 g/mol. The lowest BCUT2D eigenvalue weighted by atomic mass is 9.88. The highest BCUT2D eigenvalue weighted by Crippen LogP contribution is 2.21. The molecule has 0 fully saturated rings. The van der Waals surface area contributed by atoms with Crippen molar-refractivity contribution in [3.05, 3.63) is 35.4 Å². The molecule has 0 atom stereocenters. The molecule has 0 aliphatic rings. The van der Waals surface area contributed by atoms with Crippen LogP contribution in [-0.4, -0.2) is 17.8 Å². The molecule has 0 aromatic heterocycles. The van der Waals surface area contributed by atoms with Crippen molar-refractivity contribution in [2.45, 2.75) is 40.0 Å². The number of carbonyl (C=O) groups is 1. The maximum atomic E-state index is 12.0. The predicted octanol–water partition coefficient (Wildman–Crippen LogP) is 3.86. The Labute approximate surface area is 125 Å². The zero-order valence-corrected chi connectivity index (χ0v) is 13.7. The Morgan fingerprint density at radius 3 is 2.63 bits per heavy atom. The van der Waals surface area contributed by atoms with Crippen molar-refractivity contribution in [3.63, 3.8) is 0 Å². The van der Waals surface area contributed by atoms with E-state index in [9.17, 15) is 4.79 Å². The second-order valence-corrected chi connectivity index (χ2v) is 6.63. The fourth-order valence-electron chi connectivity index (χ4n) is 2.02. The van der Waals surface area contributed by atoms with Gasteiger partial charge in [0.05, 0.1) is 6.42 Å². The zero-order valence-electron chi connectivity index (χ0n) is 12.1. The molecule has 0 aliphatic heterocycles. The summed E-state index contributed by atoms with van der Waals surface area (Å²) in [5.74, 6) is 0.112. The van der Waals surface area contributed by atoms with Gasteiger partial charge in [-0.3, -0.25) is 4.79 Å². The number of halogens is 1. The molecule has 1 rings (SSSR count). The standard InChI is InChI=1S/C16H24BrNO/c1-13-7-4-5-8-14(13)11-15(19)18-12-16(2,3)9-6-10-17/h4-5,7-8H,6,9-12H2,1-3H3,(H,18,19). The van der Waals surface area contributed by atoms with Crippen LogP contribution in [0.4, 0.5) is 0 Å². The van der Waals surface area contributed by atoms with Gasteiger partial charge in [-0.25, -0.2) is 0 Å². The molecule has 0 unspecified atom stereocenters. The third-order valence-electron chi connectivity index (χ3n) is 3.36. The molecule has 0 aliphatic carbocycles. The van der Waals surface area contributed by atoms with Crippen LogP contribution in [0.1, 0.15) is 37.8 Å². The van der Waals surface area contributed by atoms with Gasteiger partial charge in [0.1, 0.15) is 0 Å². The van der Waals surface area contributed by atoms with Crippen LogP contribution in [-0.2, 0) is 11.2 Å². The molecule has 0 spiro atoms. The van der Waals surface area contributed by atoms with Crippen LogP contribution in [0.15, 0.2) is 24.3 Å². The van der Waals surface area contributed by atoms with Crippen LogP contribution in [0, 0.1) is 12.3 Å². The molecule has 3 heteroatoms. The topological polar surface area (TPSA) is 29.1 Å². The largest absolute Gasteiger partial charge is 0.355 e. The van der Waals surface area contributed by atoms with E-state index in [0.29, 0.717) is 6.42 Å². The van der Waals surface area contributed by atoms with E-state index < -0.39 is 0 Å². The lowest BCUT2D eigenvalue weighted by Gasteiger charge is -2.24. The van der Waals surface area contributed by atoms with Crippen LogP contribution in [0.2, 0.25) is 0 Å². The Bertz CT molecular complexity index is 415. The van der Waals surface area contributed by atoms with Crippen molar-refractivity contribution in [1.82, 2.24) is 5.32 Å². The molecule has 0 saturated heterocycles. The summed E-state index contributed by atoms with van der Waals surface area (Å²) in [5.41, 5.74) is 2.45. The van der Waals surface area contributed by atoms with Crippen molar-refractivity contribution in [2.24, 2.45) is 5.41 Å². The fourth-order valence-corrected chi connectivity index (χ4v) is 2.30. The van der Waals surface area contributed by atoms with Gasteiger partial charge in [0.15, 0.2) is 0 Å². The van der Waals surface area contributed by atoms with E-state index in [1.165, 1.54) is 5.56 Å². The van der Waals surface area contributed by atoms with Crippen molar-refractivity contribution in [2.75, 3.05) is 11.9 Å². The van der Waals surface area contributed by atoms with E-state index in [-0.39, 0.29) is 11.3 Å². The molecule has 19 heavy (non-hydrogen) atoms. The zero-order chi connectivity index (χ0) is 14.3. The maximum Gasteiger partial charge on any atom is 0.224 e. The van der Waals surface area contributed by atoms with Gasteiger partial charge >= 0.3 is 0 Å². The summed E-state index contributed by atoms with van der Waals surface area (Å²) < 4.78 is 0.